The highest BCUT2D eigenvalue weighted by atomic mass is 32.1. The summed E-state index contributed by atoms with van der Waals surface area (Å²) in [4.78, 5) is 28.5. The van der Waals surface area contributed by atoms with Crippen LogP contribution in [0.15, 0.2) is 35.7 Å². The van der Waals surface area contributed by atoms with Gasteiger partial charge in [0.05, 0.1) is 5.39 Å². The van der Waals surface area contributed by atoms with Crippen molar-refractivity contribution in [2.24, 2.45) is 5.92 Å². The fourth-order valence-electron chi connectivity index (χ4n) is 5.09. The molecule has 0 spiro atoms. The molecular formula is C25H28N4OS. The zero-order valence-electron chi connectivity index (χ0n) is 17.8. The molecule has 0 radical (unpaired) electrons. The molecule has 160 valence electrons. The summed E-state index contributed by atoms with van der Waals surface area (Å²) >= 11 is 1.73. The summed E-state index contributed by atoms with van der Waals surface area (Å²) in [5.41, 5.74) is 2.44. The van der Waals surface area contributed by atoms with Crippen molar-refractivity contribution in [3.63, 3.8) is 0 Å². The Hall–Kier alpha value is -2.47. The van der Waals surface area contributed by atoms with E-state index < -0.39 is 0 Å². The van der Waals surface area contributed by atoms with Crippen molar-refractivity contribution in [2.45, 2.75) is 44.4 Å². The third kappa shape index (κ3) is 3.61. The van der Waals surface area contributed by atoms with E-state index in [1.54, 1.807) is 11.3 Å². The van der Waals surface area contributed by atoms with E-state index in [-0.39, 0.29) is 5.92 Å². The molecule has 1 amide bonds. The zero-order valence-corrected chi connectivity index (χ0v) is 18.6. The van der Waals surface area contributed by atoms with Crippen LogP contribution in [0.4, 0.5) is 5.82 Å². The first-order chi connectivity index (χ1) is 15.3. The average Bonchev–Trinajstić information content (AvgIpc) is 3.36. The Balaban J connectivity index is 1.32. The number of hydrogen-bond donors (Lipinski definition) is 0. The minimum Gasteiger partial charge on any atom is -0.352 e. The number of rotatable bonds is 4. The number of piperazine rings is 1. The summed E-state index contributed by atoms with van der Waals surface area (Å²) in [6, 6.07) is 10.6. The smallest absolute Gasteiger partial charge is 0.225 e. The molecule has 2 aromatic heterocycles. The molecule has 31 heavy (non-hydrogen) atoms. The van der Waals surface area contributed by atoms with Gasteiger partial charge in [0.2, 0.25) is 5.91 Å². The molecule has 3 aliphatic rings. The van der Waals surface area contributed by atoms with Crippen LogP contribution in [-0.2, 0) is 4.79 Å². The van der Waals surface area contributed by atoms with Gasteiger partial charge in [-0.25, -0.2) is 9.97 Å². The van der Waals surface area contributed by atoms with E-state index in [0.29, 0.717) is 11.8 Å². The van der Waals surface area contributed by atoms with E-state index >= 15 is 0 Å². The topological polar surface area (TPSA) is 49.3 Å². The Morgan fingerprint density at radius 3 is 2.39 bits per heavy atom. The molecule has 1 aromatic carbocycles. The van der Waals surface area contributed by atoms with Crippen LogP contribution in [0.5, 0.6) is 0 Å². The second-order valence-corrected chi connectivity index (χ2v) is 10.0. The first kappa shape index (κ1) is 19.2. The molecule has 0 atom stereocenters. The molecule has 2 aliphatic carbocycles. The fraction of sp³-hybridized carbons (Fsp3) is 0.480. The Morgan fingerprint density at radius 1 is 0.935 bits per heavy atom. The van der Waals surface area contributed by atoms with E-state index in [1.807, 2.05) is 0 Å². The number of carbonyl (C=O) groups excluding carboxylic acids is 1. The summed E-state index contributed by atoms with van der Waals surface area (Å²) in [5.74, 6) is 3.24. The Kier molecular flexibility index (Phi) is 4.90. The van der Waals surface area contributed by atoms with Crippen LogP contribution >= 0.6 is 11.3 Å². The van der Waals surface area contributed by atoms with Crippen molar-refractivity contribution in [1.82, 2.24) is 14.9 Å². The third-order valence-electron chi connectivity index (χ3n) is 7.05. The predicted molar refractivity (Wildman–Crippen MR) is 126 cm³/mol. The van der Waals surface area contributed by atoms with Crippen molar-refractivity contribution in [2.75, 3.05) is 31.1 Å². The molecule has 5 nitrogen and oxygen atoms in total. The summed E-state index contributed by atoms with van der Waals surface area (Å²) in [6.45, 7) is 3.28. The van der Waals surface area contributed by atoms with Gasteiger partial charge in [-0.2, -0.15) is 0 Å². The lowest BCUT2D eigenvalue weighted by atomic mass is 10.0. The number of nitrogens with zero attached hydrogens (tertiary/aromatic N) is 4. The van der Waals surface area contributed by atoms with E-state index in [2.05, 4.69) is 45.5 Å². The molecule has 3 aromatic rings. The van der Waals surface area contributed by atoms with Crippen LogP contribution in [0.25, 0.3) is 21.3 Å². The Bertz CT molecular complexity index is 1090. The SMILES string of the molecule is O=C(C1CCCC1)N1CCN(c2nc(C3CC3)nc3scc(-c4ccccc4)c23)CC1. The first-order valence-corrected chi connectivity index (χ1v) is 12.5. The van der Waals surface area contributed by atoms with Gasteiger partial charge in [0.15, 0.2) is 0 Å². The summed E-state index contributed by atoms with van der Waals surface area (Å²) < 4.78 is 0. The number of fused-ring (bicyclic) bond motifs is 1. The fourth-order valence-corrected chi connectivity index (χ4v) is 6.04. The van der Waals surface area contributed by atoms with Crippen molar-refractivity contribution in [1.29, 1.82) is 0 Å². The summed E-state index contributed by atoms with van der Waals surface area (Å²) in [5, 5.41) is 3.41. The van der Waals surface area contributed by atoms with Gasteiger partial charge in [0, 0.05) is 49.0 Å². The summed E-state index contributed by atoms with van der Waals surface area (Å²) in [6.07, 6.45) is 6.97. The molecule has 0 N–H and O–H groups in total. The third-order valence-corrected chi connectivity index (χ3v) is 7.93. The normalized spacial score (nSPS) is 20.0. The molecule has 0 unspecified atom stereocenters. The standard InChI is InChI=1S/C25H28N4OS/c30-25(19-8-4-5-9-19)29-14-12-28(13-15-29)23-21-20(17-6-2-1-3-7-17)16-31-24(21)27-22(26-23)18-10-11-18/h1-3,6-7,16,18-19H,4-5,8-15H2. The number of thiophene rings is 1. The van der Waals surface area contributed by atoms with Crippen LogP contribution in [0.1, 0.15) is 50.3 Å². The van der Waals surface area contributed by atoms with E-state index in [9.17, 15) is 4.79 Å². The maximum absolute atomic E-state index is 12.9. The quantitative estimate of drug-likeness (QED) is 0.577. The van der Waals surface area contributed by atoms with Crippen molar-refractivity contribution in [3.8, 4) is 11.1 Å². The maximum Gasteiger partial charge on any atom is 0.225 e. The lowest BCUT2D eigenvalue weighted by molar-refractivity contribution is -0.135. The Labute approximate surface area is 187 Å². The number of aromatic nitrogens is 2. The average molecular weight is 433 g/mol. The first-order valence-electron chi connectivity index (χ1n) is 11.7. The molecule has 0 bridgehead atoms. The lowest BCUT2D eigenvalue weighted by Gasteiger charge is -2.37. The van der Waals surface area contributed by atoms with Gasteiger partial charge in [-0.1, -0.05) is 43.2 Å². The molecule has 1 aliphatic heterocycles. The molecule has 2 saturated carbocycles. The highest BCUT2D eigenvalue weighted by molar-refractivity contribution is 7.17. The highest BCUT2D eigenvalue weighted by Gasteiger charge is 2.32. The molecular weight excluding hydrogens is 404 g/mol. The monoisotopic (exact) mass is 432 g/mol. The highest BCUT2D eigenvalue weighted by Crippen LogP contribution is 2.43. The van der Waals surface area contributed by atoms with Crippen LogP contribution in [0.2, 0.25) is 0 Å². The second kappa shape index (κ2) is 7.90. The van der Waals surface area contributed by atoms with Crippen LogP contribution < -0.4 is 4.90 Å². The van der Waals surface area contributed by atoms with Crippen LogP contribution in [0, 0.1) is 5.92 Å². The van der Waals surface area contributed by atoms with Crippen molar-refractivity contribution in [3.05, 3.63) is 41.5 Å². The lowest BCUT2D eigenvalue weighted by Crippen LogP contribution is -2.50. The minimum atomic E-state index is 0.264. The number of carbonyl (C=O) groups is 1. The number of hydrogen-bond acceptors (Lipinski definition) is 5. The van der Waals surface area contributed by atoms with Crippen molar-refractivity contribution < 1.29 is 4.79 Å². The number of amides is 1. The predicted octanol–water partition coefficient (Wildman–Crippen LogP) is 5.07. The largest absolute Gasteiger partial charge is 0.352 e. The number of anilines is 1. The van der Waals surface area contributed by atoms with E-state index in [1.165, 1.54) is 42.2 Å². The number of benzene rings is 1. The van der Waals surface area contributed by atoms with Gasteiger partial charge >= 0.3 is 0 Å². The molecule has 6 heteroatoms. The van der Waals surface area contributed by atoms with Gasteiger partial charge in [0.1, 0.15) is 16.5 Å². The van der Waals surface area contributed by atoms with E-state index in [4.69, 9.17) is 9.97 Å². The molecule has 1 saturated heterocycles. The van der Waals surface area contributed by atoms with Crippen LogP contribution in [0.3, 0.4) is 0 Å². The summed E-state index contributed by atoms with van der Waals surface area (Å²) in [7, 11) is 0. The second-order valence-electron chi connectivity index (χ2n) is 9.17. The maximum atomic E-state index is 12.9. The van der Waals surface area contributed by atoms with Gasteiger partial charge < -0.3 is 9.80 Å². The van der Waals surface area contributed by atoms with Gasteiger partial charge in [-0.3, -0.25) is 4.79 Å². The van der Waals surface area contributed by atoms with E-state index in [0.717, 1.165) is 55.5 Å². The molecule has 6 rings (SSSR count). The molecule has 3 heterocycles. The molecule has 3 fully saturated rings. The zero-order chi connectivity index (χ0) is 20.8. The Morgan fingerprint density at radius 2 is 1.68 bits per heavy atom. The van der Waals surface area contributed by atoms with Crippen molar-refractivity contribution >= 4 is 33.3 Å². The van der Waals surface area contributed by atoms with Gasteiger partial charge in [0.25, 0.3) is 0 Å². The minimum absolute atomic E-state index is 0.264. The van der Waals surface area contributed by atoms with Gasteiger partial charge in [-0.15, -0.1) is 11.3 Å². The van der Waals surface area contributed by atoms with Gasteiger partial charge in [-0.05, 0) is 31.2 Å². The van der Waals surface area contributed by atoms with Crippen LogP contribution in [-0.4, -0.2) is 47.0 Å².